The van der Waals surface area contributed by atoms with Crippen LogP contribution in [0.3, 0.4) is 0 Å². The van der Waals surface area contributed by atoms with Crippen molar-refractivity contribution in [1.29, 1.82) is 0 Å². The number of ether oxygens (including phenoxy) is 3. The molecule has 30 heavy (non-hydrogen) atoms. The summed E-state index contributed by atoms with van der Waals surface area (Å²) in [7, 11) is 0. The summed E-state index contributed by atoms with van der Waals surface area (Å²) in [5.74, 6) is 1.01. The molecule has 8 nitrogen and oxygen atoms in total. The third-order valence-electron chi connectivity index (χ3n) is 6.18. The van der Waals surface area contributed by atoms with Crippen LogP contribution in [0.1, 0.15) is 23.2 Å². The van der Waals surface area contributed by atoms with Crippen molar-refractivity contribution >= 4 is 28.7 Å². The van der Waals surface area contributed by atoms with Gasteiger partial charge in [0.1, 0.15) is 5.52 Å². The van der Waals surface area contributed by atoms with Crippen LogP contribution in [0.5, 0.6) is 11.5 Å². The quantitative estimate of drug-likeness (QED) is 0.712. The minimum absolute atomic E-state index is 0.178. The predicted octanol–water partition coefficient (Wildman–Crippen LogP) is 3.43. The van der Waals surface area contributed by atoms with Crippen molar-refractivity contribution in [3.8, 4) is 11.5 Å². The number of carbonyl (C=O) groups excluding carboxylic acids is 1. The van der Waals surface area contributed by atoms with E-state index in [9.17, 15) is 4.79 Å². The first-order valence-electron chi connectivity index (χ1n) is 10.1. The maximum atomic E-state index is 12.6. The van der Waals surface area contributed by atoms with Crippen molar-refractivity contribution < 1.29 is 23.4 Å². The first-order valence-corrected chi connectivity index (χ1v) is 10.1. The summed E-state index contributed by atoms with van der Waals surface area (Å²) < 4.78 is 22.0. The molecule has 2 saturated heterocycles. The molecule has 0 saturated carbocycles. The zero-order valence-electron chi connectivity index (χ0n) is 16.3. The van der Waals surface area contributed by atoms with Crippen molar-refractivity contribution in [2.24, 2.45) is 5.41 Å². The van der Waals surface area contributed by atoms with Crippen molar-refractivity contribution in [2.75, 3.05) is 43.3 Å². The normalized spacial score (nSPS) is 19.1. The summed E-state index contributed by atoms with van der Waals surface area (Å²) in [4.78, 5) is 19.5. The molecule has 0 bridgehead atoms. The van der Waals surface area contributed by atoms with E-state index in [1.807, 2.05) is 18.2 Å². The molecule has 3 aliphatic rings. The van der Waals surface area contributed by atoms with Crippen LogP contribution in [0, 0.1) is 5.41 Å². The Balaban J connectivity index is 1.18. The van der Waals surface area contributed by atoms with E-state index in [0.717, 1.165) is 44.7 Å². The smallest absolute Gasteiger partial charge is 0.298 e. The standard InChI is InChI=1S/C22H21N3O5/c26-20(14-1-3-18-19(9-14)29-13-28-18)23-15-2-4-17-16(10-15)24-21(30-17)25-7-5-22(6-8-25)11-27-12-22/h1-4,9-10H,5-8,11-13H2,(H,23,26). The fourth-order valence-electron chi connectivity index (χ4n) is 4.22. The zero-order chi connectivity index (χ0) is 20.1. The highest BCUT2D eigenvalue weighted by Crippen LogP contribution is 2.40. The third-order valence-corrected chi connectivity index (χ3v) is 6.18. The molecule has 3 aliphatic heterocycles. The van der Waals surface area contributed by atoms with Gasteiger partial charge in [-0.15, -0.1) is 0 Å². The number of carbonyl (C=O) groups is 1. The van der Waals surface area contributed by atoms with E-state index < -0.39 is 0 Å². The Hall–Kier alpha value is -3.26. The van der Waals surface area contributed by atoms with E-state index in [4.69, 9.17) is 18.6 Å². The van der Waals surface area contributed by atoms with E-state index in [0.29, 0.717) is 39.8 Å². The lowest BCUT2D eigenvalue weighted by Crippen LogP contribution is -2.51. The fourth-order valence-corrected chi connectivity index (χ4v) is 4.22. The molecular formula is C22H21N3O5. The number of hydrogen-bond acceptors (Lipinski definition) is 7. The van der Waals surface area contributed by atoms with Crippen LogP contribution in [-0.4, -0.2) is 44.0 Å². The largest absolute Gasteiger partial charge is 0.454 e. The summed E-state index contributed by atoms with van der Waals surface area (Å²) in [6, 6.07) is 11.3. The van der Waals surface area contributed by atoms with Crippen molar-refractivity contribution in [1.82, 2.24) is 4.98 Å². The van der Waals surface area contributed by atoms with Gasteiger partial charge in [0.05, 0.1) is 13.2 Å². The number of fused-ring (bicyclic) bond motifs is 2. The molecule has 2 aromatic carbocycles. The summed E-state index contributed by atoms with van der Waals surface area (Å²) in [5, 5.41) is 2.91. The van der Waals surface area contributed by atoms with Crippen LogP contribution in [0.4, 0.5) is 11.7 Å². The lowest BCUT2D eigenvalue weighted by atomic mass is 9.77. The molecular weight excluding hydrogens is 386 g/mol. The molecule has 0 aliphatic carbocycles. The Kier molecular flexibility index (Phi) is 3.89. The predicted molar refractivity (Wildman–Crippen MR) is 109 cm³/mol. The first-order chi connectivity index (χ1) is 14.7. The van der Waals surface area contributed by atoms with Gasteiger partial charge in [-0.2, -0.15) is 4.98 Å². The second-order valence-electron chi connectivity index (χ2n) is 8.18. The van der Waals surface area contributed by atoms with Crippen LogP contribution < -0.4 is 19.7 Å². The second kappa shape index (κ2) is 6.63. The average Bonchev–Trinajstić information content (AvgIpc) is 3.38. The number of benzene rings is 2. The summed E-state index contributed by atoms with van der Waals surface area (Å²) in [5.41, 5.74) is 2.96. The fraction of sp³-hybridized carbons (Fsp3) is 0.364. The van der Waals surface area contributed by atoms with Gasteiger partial charge in [-0.3, -0.25) is 4.79 Å². The van der Waals surface area contributed by atoms with E-state index >= 15 is 0 Å². The van der Waals surface area contributed by atoms with Crippen LogP contribution in [0.25, 0.3) is 11.1 Å². The Morgan fingerprint density at radius 2 is 1.87 bits per heavy atom. The monoisotopic (exact) mass is 407 g/mol. The Bertz CT molecular complexity index is 1130. The van der Waals surface area contributed by atoms with Gasteiger partial charge in [0, 0.05) is 29.8 Å². The minimum Gasteiger partial charge on any atom is -0.454 e. The summed E-state index contributed by atoms with van der Waals surface area (Å²) in [6.45, 7) is 3.77. The summed E-state index contributed by atoms with van der Waals surface area (Å²) >= 11 is 0. The van der Waals surface area contributed by atoms with Crippen LogP contribution in [-0.2, 0) is 4.74 Å². The number of nitrogens with one attached hydrogen (secondary N) is 1. The highest BCUT2D eigenvalue weighted by atomic mass is 16.7. The van der Waals surface area contributed by atoms with Crippen molar-refractivity contribution in [3.05, 3.63) is 42.0 Å². The van der Waals surface area contributed by atoms with E-state index in [-0.39, 0.29) is 12.7 Å². The zero-order valence-corrected chi connectivity index (χ0v) is 16.3. The SMILES string of the molecule is O=C(Nc1ccc2oc(N3CCC4(CC3)COC4)nc2c1)c1ccc2c(c1)OCO2. The van der Waals surface area contributed by atoms with E-state index in [2.05, 4.69) is 15.2 Å². The van der Waals surface area contributed by atoms with Crippen molar-refractivity contribution in [3.63, 3.8) is 0 Å². The van der Waals surface area contributed by atoms with Gasteiger partial charge in [-0.1, -0.05) is 0 Å². The van der Waals surface area contributed by atoms with Crippen LogP contribution in [0.15, 0.2) is 40.8 Å². The highest BCUT2D eigenvalue weighted by Gasteiger charge is 2.41. The van der Waals surface area contributed by atoms with Gasteiger partial charge in [-0.05, 0) is 49.2 Å². The average molecular weight is 407 g/mol. The van der Waals surface area contributed by atoms with E-state index in [1.165, 1.54) is 0 Å². The second-order valence-corrected chi connectivity index (χ2v) is 8.18. The molecule has 0 unspecified atom stereocenters. The number of amides is 1. The van der Waals surface area contributed by atoms with Crippen LogP contribution in [0.2, 0.25) is 0 Å². The molecule has 2 fully saturated rings. The van der Waals surface area contributed by atoms with Gasteiger partial charge >= 0.3 is 0 Å². The number of nitrogens with zero attached hydrogens (tertiary/aromatic N) is 2. The number of aromatic nitrogens is 1. The Labute approximate surface area is 172 Å². The maximum absolute atomic E-state index is 12.6. The van der Waals surface area contributed by atoms with E-state index in [1.54, 1.807) is 18.2 Å². The van der Waals surface area contributed by atoms with Crippen LogP contribution >= 0.6 is 0 Å². The highest BCUT2D eigenvalue weighted by molar-refractivity contribution is 6.05. The molecule has 154 valence electrons. The molecule has 1 amide bonds. The Morgan fingerprint density at radius 3 is 2.67 bits per heavy atom. The summed E-state index contributed by atoms with van der Waals surface area (Å²) in [6.07, 6.45) is 2.20. The number of hydrogen-bond donors (Lipinski definition) is 1. The van der Waals surface area contributed by atoms with Gasteiger partial charge in [-0.25, -0.2) is 0 Å². The van der Waals surface area contributed by atoms with Gasteiger partial charge in [0.25, 0.3) is 11.9 Å². The first kappa shape index (κ1) is 17.6. The number of oxazole rings is 1. The molecule has 0 atom stereocenters. The topological polar surface area (TPSA) is 86.1 Å². The molecule has 1 aromatic heterocycles. The number of piperidine rings is 1. The molecule has 4 heterocycles. The Morgan fingerprint density at radius 1 is 1.03 bits per heavy atom. The molecule has 1 spiro atoms. The minimum atomic E-state index is -0.222. The number of anilines is 2. The molecule has 8 heteroatoms. The number of rotatable bonds is 3. The lowest BCUT2D eigenvalue weighted by molar-refractivity contribution is -0.124. The van der Waals surface area contributed by atoms with Gasteiger partial charge < -0.3 is 28.8 Å². The maximum Gasteiger partial charge on any atom is 0.298 e. The lowest BCUT2D eigenvalue weighted by Gasteiger charge is -2.46. The third kappa shape index (κ3) is 2.95. The van der Waals surface area contributed by atoms with Gasteiger partial charge in [0.2, 0.25) is 6.79 Å². The molecule has 3 aromatic rings. The molecule has 6 rings (SSSR count). The van der Waals surface area contributed by atoms with Gasteiger partial charge in [0.15, 0.2) is 17.1 Å². The van der Waals surface area contributed by atoms with Crippen molar-refractivity contribution in [2.45, 2.75) is 12.8 Å². The molecule has 1 N–H and O–H groups in total. The molecule has 0 radical (unpaired) electrons.